The van der Waals surface area contributed by atoms with Gasteiger partial charge in [-0.1, -0.05) is 34.6 Å². The van der Waals surface area contributed by atoms with Gasteiger partial charge in [0.05, 0.1) is 6.54 Å². The summed E-state index contributed by atoms with van der Waals surface area (Å²) in [5, 5.41) is 0. The monoisotopic (exact) mass is 268 g/mol. The molecule has 0 aliphatic carbocycles. The van der Waals surface area contributed by atoms with Crippen molar-refractivity contribution < 1.29 is 9.59 Å². The van der Waals surface area contributed by atoms with Gasteiger partial charge < -0.3 is 4.90 Å². The predicted molar refractivity (Wildman–Crippen MR) is 76.9 cm³/mol. The van der Waals surface area contributed by atoms with Gasteiger partial charge in [-0.2, -0.15) is 0 Å². The van der Waals surface area contributed by atoms with E-state index in [2.05, 4.69) is 18.7 Å². The highest BCUT2D eigenvalue weighted by atomic mass is 16.2. The van der Waals surface area contributed by atoms with E-state index in [1.165, 1.54) is 0 Å². The zero-order valence-corrected chi connectivity index (χ0v) is 13.0. The van der Waals surface area contributed by atoms with E-state index in [-0.39, 0.29) is 17.1 Å². The Balaban J connectivity index is 2.37. The molecule has 0 aromatic heterocycles. The summed E-state index contributed by atoms with van der Waals surface area (Å²) >= 11 is 0. The lowest BCUT2D eigenvalue weighted by molar-refractivity contribution is -0.134. The quantitative estimate of drug-likeness (QED) is 0.780. The molecule has 0 aromatic carbocycles. The van der Waals surface area contributed by atoms with Crippen molar-refractivity contribution in [3.63, 3.8) is 0 Å². The SMILES string of the molecule is CC(C)CC(=O)N1CCN(CC(=O)C(C)(C)C)CC1. The molecular formula is C15H28N2O2. The third-order valence-electron chi connectivity index (χ3n) is 3.51. The maximum absolute atomic E-state index is 12.0. The number of piperazine rings is 1. The van der Waals surface area contributed by atoms with Gasteiger partial charge in [0, 0.05) is 38.0 Å². The Hall–Kier alpha value is -0.900. The first-order valence-corrected chi connectivity index (χ1v) is 7.23. The summed E-state index contributed by atoms with van der Waals surface area (Å²) in [6.45, 7) is 13.6. The summed E-state index contributed by atoms with van der Waals surface area (Å²) in [6, 6.07) is 0. The van der Waals surface area contributed by atoms with Crippen LogP contribution in [0.2, 0.25) is 0 Å². The van der Waals surface area contributed by atoms with Crippen LogP contribution in [0.25, 0.3) is 0 Å². The van der Waals surface area contributed by atoms with Crippen LogP contribution in [0.4, 0.5) is 0 Å². The molecule has 1 fully saturated rings. The van der Waals surface area contributed by atoms with Crippen LogP contribution in [-0.2, 0) is 9.59 Å². The van der Waals surface area contributed by atoms with Gasteiger partial charge in [0.1, 0.15) is 0 Å². The molecule has 0 bridgehead atoms. The molecule has 1 saturated heterocycles. The van der Waals surface area contributed by atoms with Crippen molar-refractivity contribution in [2.24, 2.45) is 11.3 Å². The Bertz CT molecular complexity index is 324. The van der Waals surface area contributed by atoms with E-state index < -0.39 is 0 Å². The summed E-state index contributed by atoms with van der Waals surface area (Å²) < 4.78 is 0. The fourth-order valence-corrected chi connectivity index (χ4v) is 2.07. The second-order valence-corrected chi connectivity index (χ2v) is 6.93. The maximum atomic E-state index is 12.0. The van der Waals surface area contributed by atoms with E-state index in [4.69, 9.17) is 0 Å². The van der Waals surface area contributed by atoms with Crippen LogP contribution in [0.15, 0.2) is 0 Å². The number of ketones is 1. The van der Waals surface area contributed by atoms with Crippen molar-refractivity contribution in [1.29, 1.82) is 0 Å². The van der Waals surface area contributed by atoms with Crippen LogP contribution in [0.3, 0.4) is 0 Å². The number of amides is 1. The molecule has 1 amide bonds. The Morgan fingerprint density at radius 1 is 1.05 bits per heavy atom. The van der Waals surface area contributed by atoms with Crippen molar-refractivity contribution in [1.82, 2.24) is 9.80 Å². The smallest absolute Gasteiger partial charge is 0.222 e. The van der Waals surface area contributed by atoms with E-state index in [1.807, 2.05) is 25.7 Å². The number of carbonyl (C=O) groups is 2. The van der Waals surface area contributed by atoms with Crippen molar-refractivity contribution in [2.75, 3.05) is 32.7 Å². The van der Waals surface area contributed by atoms with E-state index in [0.717, 1.165) is 26.2 Å². The summed E-state index contributed by atoms with van der Waals surface area (Å²) in [7, 11) is 0. The number of hydrogen-bond acceptors (Lipinski definition) is 3. The Kier molecular flexibility index (Phi) is 5.53. The first kappa shape index (κ1) is 16.2. The molecule has 1 heterocycles. The van der Waals surface area contributed by atoms with E-state index in [0.29, 0.717) is 18.9 Å². The fourth-order valence-electron chi connectivity index (χ4n) is 2.07. The number of nitrogens with zero attached hydrogens (tertiary/aromatic N) is 2. The molecule has 0 aromatic rings. The second kappa shape index (κ2) is 6.51. The van der Waals surface area contributed by atoms with Gasteiger partial charge in [-0.3, -0.25) is 14.5 Å². The summed E-state index contributed by atoms with van der Waals surface area (Å²) in [6.07, 6.45) is 0.626. The van der Waals surface area contributed by atoms with Crippen molar-refractivity contribution in [3.8, 4) is 0 Å². The molecule has 1 aliphatic heterocycles. The average Bonchev–Trinajstić information content (AvgIpc) is 2.27. The molecule has 0 saturated carbocycles. The minimum Gasteiger partial charge on any atom is -0.340 e. The van der Waals surface area contributed by atoms with Crippen LogP contribution < -0.4 is 0 Å². The highest BCUT2D eigenvalue weighted by Crippen LogP contribution is 2.16. The fraction of sp³-hybridized carbons (Fsp3) is 0.867. The molecular weight excluding hydrogens is 240 g/mol. The van der Waals surface area contributed by atoms with E-state index in [9.17, 15) is 9.59 Å². The highest BCUT2D eigenvalue weighted by Gasteiger charge is 2.26. The van der Waals surface area contributed by atoms with Crippen LogP contribution in [0, 0.1) is 11.3 Å². The van der Waals surface area contributed by atoms with Crippen LogP contribution in [-0.4, -0.2) is 54.2 Å². The molecule has 1 rings (SSSR count). The van der Waals surface area contributed by atoms with Crippen LogP contribution in [0.5, 0.6) is 0 Å². The highest BCUT2D eigenvalue weighted by molar-refractivity contribution is 5.85. The molecule has 0 spiro atoms. The topological polar surface area (TPSA) is 40.6 Å². The summed E-state index contributed by atoms with van der Waals surface area (Å²) in [5.41, 5.74) is -0.273. The van der Waals surface area contributed by atoms with Gasteiger partial charge >= 0.3 is 0 Å². The molecule has 0 N–H and O–H groups in total. The number of carbonyl (C=O) groups excluding carboxylic acids is 2. The molecule has 0 atom stereocenters. The first-order valence-electron chi connectivity index (χ1n) is 7.23. The lowest BCUT2D eigenvalue weighted by atomic mass is 9.90. The number of Topliss-reactive ketones (excluding diaryl/α,β-unsaturated/α-hetero) is 1. The van der Waals surface area contributed by atoms with Crippen molar-refractivity contribution >= 4 is 11.7 Å². The minimum absolute atomic E-state index is 0.247. The molecule has 4 nitrogen and oxygen atoms in total. The summed E-state index contributed by atoms with van der Waals surface area (Å²) in [5.74, 6) is 0.930. The van der Waals surface area contributed by atoms with Gasteiger partial charge in [-0.15, -0.1) is 0 Å². The second-order valence-electron chi connectivity index (χ2n) is 6.93. The minimum atomic E-state index is -0.273. The van der Waals surface area contributed by atoms with Gasteiger partial charge in [0.25, 0.3) is 0 Å². The van der Waals surface area contributed by atoms with Crippen molar-refractivity contribution in [2.45, 2.75) is 41.0 Å². The normalized spacial score (nSPS) is 17.9. The lowest BCUT2D eigenvalue weighted by Gasteiger charge is -2.35. The van der Waals surface area contributed by atoms with Crippen LogP contribution >= 0.6 is 0 Å². The van der Waals surface area contributed by atoms with Gasteiger partial charge in [0.2, 0.25) is 5.91 Å². The van der Waals surface area contributed by atoms with Gasteiger partial charge in [-0.25, -0.2) is 0 Å². The Morgan fingerprint density at radius 2 is 1.58 bits per heavy atom. The molecule has 110 valence electrons. The molecule has 19 heavy (non-hydrogen) atoms. The Morgan fingerprint density at radius 3 is 2.00 bits per heavy atom. The van der Waals surface area contributed by atoms with Crippen LogP contribution in [0.1, 0.15) is 41.0 Å². The molecule has 0 unspecified atom stereocenters. The molecule has 1 aliphatic rings. The first-order chi connectivity index (χ1) is 8.70. The van der Waals surface area contributed by atoms with E-state index in [1.54, 1.807) is 0 Å². The van der Waals surface area contributed by atoms with E-state index >= 15 is 0 Å². The third-order valence-corrected chi connectivity index (χ3v) is 3.51. The number of hydrogen-bond donors (Lipinski definition) is 0. The zero-order chi connectivity index (χ0) is 14.6. The molecule has 0 radical (unpaired) electrons. The standard InChI is InChI=1S/C15H28N2O2/c1-12(2)10-14(19)17-8-6-16(7-9-17)11-13(18)15(3,4)5/h12H,6-11H2,1-5H3. The largest absolute Gasteiger partial charge is 0.340 e. The third kappa shape index (κ3) is 5.31. The summed E-state index contributed by atoms with van der Waals surface area (Å²) in [4.78, 5) is 28.0. The average molecular weight is 268 g/mol. The van der Waals surface area contributed by atoms with Gasteiger partial charge in [-0.05, 0) is 5.92 Å². The molecule has 4 heteroatoms. The van der Waals surface area contributed by atoms with Crippen molar-refractivity contribution in [3.05, 3.63) is 0 Å². The maximum Gasteiger partial charge on any atom is 0.222 e. The predicted octanol–water partition coefficient (Wildman–Crippen LogP) is 1.79. The lowest BCUT2D eigenvalue weighted by Crippen LogP contribution is -2.51. The number of rotatable bonds is 4. The zero-order valence-electron chi connectivity index (χ0n) is 13.0. The van der Waals surface area contributed by atoms with Gasteiger partial charge in [0.15, 0.2) is 5.78 Å². The Labute approximate surface area is 117 Å².